The highest BCUT2D eigenvalue weighted by atomic mass is 79.9. The van der Waals surface area contributed by atoms with E-state index in [2.05, 4.69) is 43.3 Å². The number of halogens is 2. The number of nitrogens with one attached hydrogen (secondary N) is 1. The number of aromatic nitrogens is 3. The molecule has 2 atom stereocenters. The van der Waals surface area contributed by atoms with E-state index >= 15 is 0 Å². The molecular formula is C34H36BrClN6O3. The van der Waals surface area contributed by atoms with Crippen LogP contribution in [-0.4, -0.2) is 67.6 Å². The van der Waals surface area contributed by atoms with Gasteiger partial charge in [0.2, 0.25) is 5.91 Å². The van der Waals surface area contributed by atoms with Crippen molar-refractivity contribution in [2.24, 2.45) is 0 Å². The Morgan fingerprint density at radius 1 is 1.09 bits per heavy atom. The van der Waals surface area contributed by atoms with Crippen molar-refractivity contribution in [1.29, 1.82) is 0 Å². The minimum absolute atomic E-state index is 0.211. The average molecular weight is 692 g/mol. The fourth-order valence-corrected chi connectivity index (χ4v) is 6.72. The van der Waals surface area contributed by atoms with Gasteiger partial charge < -0.3 is 14.6 Å². The van der Waals surface area contributed by atoms with Crippen LogP contribution in [0, 0.1) is 0 Å². The van der Waals surface area contributed by atoms with Gasteiger partial charge in [0.25, 0.3) is 0 Å². The summed E-state index contributed by atoms with van der Waals surface area (Å²) in [7, 11) is 0. The quantitative estimate of drug-likeness (QED) is 0.257. The first kappa shape index (κ1) is 31.3. The number of amides is 2. The van der Waals surface area contributed by atoms with Crippen LogP contribution in [-0.2, 0) is 28.9 Å². The first-order chi connectivity index (χ1) is 21.5. The van der Waals surface area contributed by atoms with E-state index in [0.717, 1.165) is 45.3 Å². The van der Waals surface area contributed by atoms with Crippen molar-refractivity contribution in [3.05, 3.63) is 111 Å². The Morgan fingerprint density at radius 3 is 2.69 bits per heavy atom. The highest BCUT2D eigenvalue weighted by Gasteiger charge is 2.41. The third kappa shape index (κ3) is 7.24. The van der Waals surface area contributed by atoms with E-state index in [1.165, 1.54) is 0 Å². The zero-order chi connectivity index (χ0) is 31.7. The summed E-state index contributed by atoms with van der Waals surface area (Å²) in [4.78, 5) is 40.4. The molecule has 0 saturated carbocycles. The van der Waals surface area contributed by atoms with Gasteiger partial charge >= 0.3 is 6.09 Å². The Hall–Kier alpha value is -3.73. The fraction of sp³-hybridized carbons (Fsp3) is 0.353. The lowest BCUT2D eigenvalue weighted by molar-refractivity contribution is -0.124. The molecule has 9 nitrogen and oxygen atoms in total. The van der Waals surface area contributed by atoms with Gasteiger partial charge in [-0.2, -0.15) is 0 Å². The van der Waals surface area contributed by atoms with Gasteiger partial charge in [-0.25, -0.2) is 9.78 Å². The number of piperazine rings is 1. The molecule has 0 radical (unpaired) electrons. The number of anilines is 1. The predicted molar refractivity (Wildman–Crippen MR) is 177 cm³/mol. The summed E-state index contributed by atoms with van der Waals surface area (Å²) in [5.41, 5.74) is 5.35. The number of benzene rings is 2. The first-order valence-electron chi connectivity index (χ1n) is 15.1. The third-order valence-electron chi connectivity index (χ3n) is 8.12. The fourth-order valence-electron chi connectivity index (χ4n) is 6.15. The monoisotopic (exact) mass is 690 g/mol. The standard InChI is InChI=1S/C34H36BrClN6O3/c1-34(2,3)45-33(44)42-14-13-41(20-29(42)32(43)39-27-6-4-5-22(15-27)19-40-12-11-37-21-40)31-28-10-9-26(36)17-23(28)7-8-24-16-25(35)18-38-30(24)31/h4-6,9-12,15-18,21,29,31H,7-8,13-14,19-20H2,1-3H3,(H,39,43). The van der Waals surface area contributed by atoms with Gasteiger partial charge in [0.1, 0.15) is 11.6 Å². The number of ether oxygens (including phenoxy) is 1. The molecule has 0 spiro atoms. The highest BCUT2D eigenvalue weighted by molar-refractivity contribution is 9.10. The summed E-state index contributed by atoms with van der Waals surface area (Å²) >= 11 is 10.0. The molecule has 2 aromatic carbocycles. The number of fused-ring (bicyclic) bond motifs is 2. The van der Waals surface area contributed by atoms with Crippen molar-refractivity contribution in [1.82, 2.24) is 24.3 Å². The van der Waals surface area contributed by atoms with Gasteiger partial charge in [-0.15, -0.1) is 0 Å². The molecule has 45 heavy (non-hydrogen) atoms. The van der Waals surface area contributed by atoms with Crippen molar-refractivity contribution in [2.75, 3.05) is 25.0 Å². The minimum atomic E-state index is -0.802. The van der Waals surface area contributed by atoms with Crippen LogP contribution in [0.5, 0.6) is 0 Å². The van der Waals surface area contributed by atoms with Gasteiger partial charge in [-0.05, 0) is 102 Å². The predicted octanol–water partition coefficient (Wildman–Crippen LogP) is 6.49. The minimum Gasteiger partial charge on any atom is -0.444 e. The molecule has 2 unspecified atom stereocenters. The van der Waals surface area contributed by atoms with Crippen LogP contribution in [0.25, 0.3) is 0 Å². The lowest BCUT2D eigenvalue weighted by atomic mass is 9.95. The molecule has 1 aliphatic heterocycles. The van der Waals surface area contributed by atoms with Crippen LogP contribution in [0.3, 0.4) is 0 Å². The van der Waals surface area contributed by atoms with E-state index in [1.807, 2.05) is 74.1 Å². The van der Waals surface area contributed by atoms with Gasteiger partial charge in [0.15, 0.2) is 0 Å². The van der Waals surface area contributed by atoms with E-state index in [1.54, 1.807) is 17.4 Å². The normalized spacial score (nSPS) is 18.5. The van der Waals surface area contributed by atoms with Gasteiger partial charge in [-0.1, -0.05) is 29.8 Å². The van der Waals surface area contributed by atoms with Crippen LogP contribution >= 0.6 is 27.5 Å². The summed E-state index contributed by atoms with van der Waals surface area (Å²) in [6, 6.07) is 14.8. The lowest BCUT2D eigenvalue weighted by Gasteiger charge is -2.44. The molecule has 2 aliphatic rings. The SMILES string of the molecule is CC(C)(C)OC(=O)N1CCN(C2c3ccc(Cl)cc3CCc3cc(Br)cnc32)CC1C(=O)Nc1cccc(Cn2ccnc2)c1. The van der Waals surface area contributed by atoms with Crippen molar-refractivity contribution in [2.45, 2.75) is 57.8 Å². The molecule has 234 valence electrons. The second-order valence-corrected chi connectivity index (χ2v) is 13.9. The molecule has 2 amide bonds. The molecule has 1 N–H and O–H groups in total. The Bertz CT molecular complexity index is 1650. The smallest absolute Gasteiger partial charge is 0.411 e. The molecule has 11 heteroatoms. The van der Waals surface area contributed by atoms with Gasteiger partial charge in [-0.3, -0.25) is 19.6 Å². The van der Waals surface area contributed by atoms with Gasteiger partial charge in [0.05, 0.1) is 18.1 Å². The maximum Gasteiger partial charge on any atom is 0.411 e. The second kappa shape index (κ2) is 12.9. The molecular weight excluding hydrogens is 656 g/mol. The van der Waals surface area contributed by atoms with E-state index in [0.29, 0.717) is 36.9 Å². The topological polar surface area (TPSA) is 92.6 Å². The summed E-state index contributed by atoms with van der Waals surface area (Å²) in [5.74, 6) is -0.278. The number of hydrogen-bond acceptors (Lipinski definition) is 6. The Kier molecular flexibility index (Phi) is 8.99. The van der Waals surface area contributed by atoms with Crippen LogP contribution in [0.15, 0.2) is 77.9 Å². The summed E-state index contributed by atoms with van der Waals surface area (Å²) in [6.45, 7) is 7.26. The van der Waals surface area contributed by atoms with E-state index in [9.17, 15) is 9.59 Å². The third-order valence-corrected chi connectivity index (χ3v) is 8.79. The number of carbonyl (C=O) groups is 2. The zero-order valence-electron chi connectivity index (χ0n) is 25.5. The first-order valence-corrected chi connectivity index (χ1v) is 16.2. The van der Waals surface area contributed by atoms with Gasteiger partial charge in [0, 0.05) is 60.0 Å². The Labute approximate surface area is 276 Å². The van der Waals surface area contributed by atoms with Crippen LogP contribution in [0.2, 0.25) is 5.02 Å². The number of carbonyl (C=O) groups excluding carboxylic acids is 2. The number of hydrogen-bond donors (Lipinski definition) is 1. The Balaban J connectivity index is 1.33. The molecule has 1 saturated heterocycles. The number of pyridine rings is 1. The zero-order valence-corrected chi connectivity index (χ0v) is 27.9. The maximum atomic E-state index is 14.1. The van der Waals surface area contributed by atoms with Crippen molar-refractivity contribution >= 4 is 45.2 Å². The van der Waals surface area contributed by atoms with E-state index < -0.39 is 17.7 Å². The molecule has 2 aromatic heterocycles. The van der Waals surface area contributed by atoms with Crippen molar-refractivity contribution in [3.63, 3.8) is 0 Å². The van der Waals surface area contributed by atoms with Crippen molar-refractivity contribution < 1.29 is 14.3 Å². The molecule has 1 aliphatic carbocycles. The Morgan fingerprint density at radius 2 is 1.91 bits per heavy atom. The number of nitrogens with zero attached hydrogens (tertiary/aromatic N) is 5. The molecule has 6 rings (SSSR count). The summed E-state index contributed by atoms with van der Waals surface area (Å²) in [5, 5.41) is 3.78. The summed E-state index contributed by atoms with van der Waals surface area (Å²) < 4.78 is 8.66. The lowest BCUT2D eigenvalue weighted by Crippen LogP contribution is -2.60. The van der Waals surface area contributed by atoms with Crippen LogP contribution in [0.1, 0.15) is 54.8 Å². The molecule has 1 fully saturated rings. The number of imidazole rings is 1. The van der Waals surface area contributed by atoms with Crippen LogP contribution in [0.4, 0.5) is 10.5 Å². The van der Waals surface area contributed by atoms with Crippen LogP contribution < -0.4 is 5.32 Å². The number of aryl methyl sites for hydroxylation is 2. The average Bonchev–Trinajstić information content (AvgIpc) is 3.44. The maximum absolute atomic E-state index is 14.1. The summed E-state index contributed by atoms with van der Waals surface area (Å²) in [6.07, 6.45) is 8.35. The molecule has 3 heterocycles. The van der Waals surface area contributed by atoms with Crippen molar-refractivity contribution in [3.8, 4) is 0 Å². The largest absolute Gasteiger partial charge is 0.444 e. The van der Waals surface area contributed by atoms with E-state index in [-0.39, 0.29) is 11.9 Å². The van der Waals surface area contributed by atoms with E-state index in [4.69, 9.17) is 21.3 Å². The number of rotatable bonds is 5. The molecule has 0 bridgehead atoms. The molecule has 4 aromatic rings. The second-order valence-electron chi connectivity index (χ2n) is 12.6. The highest BCUT2D eigenvalue weighted by Crippen LogP contribution is 2.38.